The maximum atomic E-state index is 11.9. The van der Waals surface area contributed by atoms with Gasteiger partial charge in [-0.25, -0.2) is 0 Å². The van der Waals surface area contributed by atoms with Crippen LogP contribution < -0.4 is 10.6 Å². The van der Waals surface area contributed by atoms with E-state index in [2.05, 4.69) is 34.4 Å². The summed E-state index contributed by atoms with van der Waals surface area (Å²) in [7, 11) is 0. The monoisotopic (exact) mass is 280 g/mol. The Morgan fingerprint density at radius 1 is 1.37 bits per heavy atom. The highest BCUT2D eigenvalue weighted by Crippen LogP contribution is 2.17. The van der Waals surface area contributed by atoms with Crippen molar-refractivity contribution >= 4 is 17.2 Å². The summed E-state index contributed by atoms with van der Waals surface area (Å²) < 4.78 is 0. The van der Waals surface area contributed by atoms with Crippen molar-refractivity contribution in [3.63, 3.8) is 0 Å². The van der Waals surface area contributed by atoms with Crippen LogP contribution in [0.15, 0.2) is 16.8 Å². The lowest BCUT2D eigenvalue weighted by Gasteiger charge is -2.18. The summed E-state index contributed by atoms with van der Waals surface area (Å²) in [5.74, 6) is 0.133. The lowest BCUT2D eigenvalue weighted by Crippen LogP contribution is -2.40. The molecule has 1 aromatic rings. The van der Waals surface area contributed by atoms with E-state index in [-0.39, 0.29) is 11.9 Å². The second kappa shape index (κ2) is 7.65. The largest absolute Gasteiger partial charge is 0.352 e. The third kappa shape index (κ3) is 4.96. The van der Waals surface area contributed by atoms with Crippen molar-refractivity contribution in [2.75, 3.05) is 6.54 Å². The number of rotatable bonds is 5. The number of thiophene rings is 1. The highest BCUT2D eigenvalue weighted by atomic mass is 32.1. The van der Waals surface area contributed by atoms with Gasteiger partial charge in [0.1, 0.15) is 0 Å². The molecule has 2 rings (SSSR count). The van der Waals surface area contributed by atoms with E-state index >= 15 is 0 Å². The molecule has 0 bridgehead atoms. The summed E-state index contributed by atoms with van der Waals surface area (Å²) in [4.78, 5) is 11.9. The van der Waals surface area contributed by atoms with Crippen LogP contribution in [-0.4, -0.2) is 18.5 Å². The van der Waals surface area contributed by atoms with Crippen LogP contribution in [0.1, 0.15) is 57.1 Å². The zero-order valence-electron chi connectivity index (χ0n) is 11.7. The molecule has 1 aliphatic rings. The van der Waals surface area contributed by atoms with Crippen molar-refractivity contribution in [1.29, 1.82) is 0 Å². The second-order valence-corrected chi connectivity index (χ2v) is 6.20. The molecule has 0 spiro atoms. The van der Waals surface area contributed by atoms with E-state index < -0.39 is 0 Å². The third-order valence-corrected chi connectivity index (χ3v) is 4.53. The maximum absolute atomic E-state index is 11.9. The number of amides is 1. The Labute approximate surface area is 119 Å². The van der Waals surface area contributed by atoms with Crippen molar-refractivity contribution in [2.24, 2.45) is 0 Å². The Kier molecular flexibility index (Phi) is 5.86. The summed E-state index contributed by atoms with van der Waals surface area (Å²) in [5, 5.41) is 10.6. The van der Waals surface area contributed by atoms with Gasteiger partial charge in [-0.05, 0) is 42.2 Å². The molecule has 0 aliphatic heterocycles. The number of nitrogens with one attached hydrogen (secondary N) is 2. The highest BCUT2D eigenvalue weighted by molar-refractivity contribution is 7.07. The average molecular weight is 280 g/mol. The molecule has 1 aromatic heterocycles. The number of hydrogen-bond donors (Lipinski definition) is 2. The van der Waals surface area contributed by atoms with E-state index in [1.54, 1.807) is 11.3 Å². The fraction of sp³-hybridized carbons (Fsp3) is 0.667. The van der Waals surface area contributed by atoms with Crippen molar-refractivity contribution in [3.05, 3.63) is 22.4 Å². The smallest absolute Gasteiger partial charge is 0.234 e. The molecule has 4 heteroatoms. The van der Waals surface area contributed by atoms with Gasteiger partial charge < -0.3 is 10.6 Å². The van der Waals surface area contributed by atoms with E-state index in [9.17, 15) is 4.79 Å². The van der Waals surface area contributed by atoms with E-state index in [0.29, 0.717) is 12.6 Å². The van der Waals surface area contributed by atoms with Crippen LogP contribution in [-0.2, 0) is 4.79 Å². The zero-order chi connectivity index (χ0) is 13.5. The first-order chi connectivity index (χ1) is 9.25. The zero-order valence-corrected chi connectivity index (χ0v) is 12.5. The number of carbonyl (C=O) groups is 1. The summed E-state index contributed by atoms with van der Waals surface area (Å²) >= 11 is 1.69. The minimum Gasteiger partial charge on any atom is -0.352 e. The van der Waals surface area contributed by atoms with Gasteiger partial charge in [-0.3, -0.25) is 4.79 Å². The molecule has 1 unspecified atom stereocenters. The van der Waals surface area contributed by atoms with E-state index in [0.717, 1.165) is 12.8 Å². The van der Waals surface area contributed by atoms with Gasteiger partial charge in [0.15, 0.2) is 0 Å². The van der Waals surface area contributed by atoms with Gasteiger partial charge in [-0.2, -0.15) is 11.3 Å². The highest BCUT2D eigenvalue weighted by Gasteiger charge is 2.15. The van der Waals surface area contributed by atoms with E-state index in [4.69, 9.17) is 0 Å². The molecule has 1 aliphatic carbocycles. The van der Waals surface area contributed by atoms with Gasteiger partial charge in [0.25, 0.3) is 0 Å². The quantitative estimate of drug-likeness (QED) is 0.813. The molecule has 1 saturated carbocycles. The van der Waals surface area contributed by atoms with Crippen LogP contribution in [0.2, 0.25) is 0 Å². The SMILES string of the molecule is CC(NCC(=O)NC1CCCCCC1)c1ccsc1. The average Bonchev–Trinajstić information content (AvgIpc) is 2.82. The maximum Gasteiger partial charge on any atom is 0.234 e. The second-order valence-electron chi connectivity index (χ2n) is 5.42. The topological polar surface area (TPSA) is 41.1 Å². The number of hydrogen-bond acceptors (Lipinski definition) is 3. The fourth-order valence-electron chi connectivity index (χ4n) is 2.59. The first kappa shape index (κ1) is 14.5. The van der Waals surface area contributed by atoms with Crippen molar-refractivity contribution < 1.29 is 4.79 Å². The molecular weight excluding hydrogens is 256 g/mol. The standard InChI is InChI=1S/C15H24N2OS/c1-12(13-8-9-19-11-13)16-10-15(18)17-14-6-4-2-3-5-7-14/h8-9,11-12,14,16H,2-7,10H2,1H3,(H,17,18). The normalized spacial score (nSPS) is 18.8. The molecule has 1 amide bonds. The molecule has 1 heterocycles. The molecule has 106 valence electrons. The Morgan fingerprint density at radius 2 is 2.11 bits per heavy atom. The van der Waals surface area contributed by atoms with Gasteiger partial charge in [-0.1, -0.05) is 25.7 Å². The predicted octanol–water partition coefficient (Wildman–Crippen LogP) is 3.24. The molecule has 0 saturated heterocycles. The van der Waals surface area contributed by atoms with Crippen molar-refractivity contribution in [2.45, 2.75) is 57.5 Å². The molecular formula is C15H24N2OS. The van der Waals surface area contributed by atoms with Crippen LogP contribution >= 0.6 is 11.3 Å². The molecule has 19 heavy (non-hydrogen) atoms. The Hall–Kier alpha value is -0.870. The van der Waals surface area contributed by atoms with Crippen molar-refractivity contribution in [3.8, 4) is 0 Å². The summed E-state index contributed by atoms with van der Waals surface area (Å²) in [6.45, 7) is 2.51. The molecule has 1 atom stereocenters. The van der Waals surface area contributed by atoms with Crippen LogP contribution in [0.5, 0.6) is 0 Å². The molecule has 3 nitrogen and oxygen atoms in total. The minimum atomic E-state index is 0.133. The Bertz CT molecular complexity index is 370. The van der Waals surface area contributed by atoms with Gasteiger partial charge in [-0.15, -0.1) is 0 Å². The van der Waals surface area contributed by atoms with Crippen LogP contribution in [0.4, 0.5) is 0 Å². The van der Waals surface area contributed by atoms with Crippen LogP contribution in [0.3, 0.4) is 0 Å². The first-order valence-corrected chi connectivity index (χ1v) is 8.25. The van der Waals surface area contributed by atoms with E-state index in [1.807, 2.05) is 0 Å². The lowest BCUT2D eigenvalue weighted by atomic mass is 10.1. The minimum absolute atomic E-state index is 0.133. The summed E-state index contributed by atoms with van der Waals surface area (Å²) in [6, 6.07) is 2.74. The summed E-state index contributed by atoms with van der Waals surface area (Å²) in [5.41, 5.74) is 1.26. The molecule has 0 aromatic carbocycles. The van der Waals surface area contributed by atoms with E-state index in [1.165, 1.54) is 31.2 Å². The molecule has 1 fully saturated rings. The number of carbonyl (C=O) groups excluding carboxylic acids is 1. The van der Waals surface area contributed by atoms with Gasteiger partial charge in [0.2, 0.25) is 5.91 Å². The Balaban J connectivity index is 1.69. The lowest BCUT2D eigenvalue weighted by molar-refractivity contribution is -0.121. The van der Waals surface area contributed by atoms with Crippen LogP contribution in [0, 0.1) is 0 Å². The molecule has 0 radical (unpaired) electrons. The first-order valence-electron chi connectivity index (χ1n) is 7.30. The molecule has 2 N–H and O–H groups in total. The van der Waals surface area contributed by atoms with Crippen molar-refractivity contribution in [1.82, 2.24) is 10.6 Å². The predicted molar refractivity (Wildman–Crippen MR) is 80.4 cm³/mol. The summed E-state index contributed by atoms with van der Waals surface area (Å²) in [6.07, 6.45) is 7.44. The third-order valence-electron chi connectivity index (χ3n) is 3.83. The van der Waals surface area contributed by atoms with Gasteiger partial charge >= 0.3 is 0 Å². The van der Waals surface area contributed by atoms with Gasteiger partial charge in [0.05, 0.1) is 6.54 Å². The van der Waals surface area contributed by atoms with Gasteiger partial charge in [0, 0.05) is 12.1 Å². The Morgan fingerprint density at radius 3 is 2.74 bits per heavy atom. The van der Waals surface area contributed by atoms with Crippen LogP contribution in [0.25, 0.3) is 0 Å². The fourth-order valence-corrected chi connectivity index (χ4v) is 3.34.